The first-order valence-corrected chi connectivity index (χ1v) is 15.5. The highest BCUT2D eigenvalue weighted by Gasteiger charge is 2.45. The fraction of sp³-hybridized carbons (Fsp3) is 0.219. The van der Waals surface area contributed by atoms with Crippen LogP contribution in [0.25, 0.3) is 39.5 Å². The normalized spacial score (nSPS) is 19.3. The second kappa shape index (κ2) is 10.5. The van der Waals surface area contributed by atoms with E-state index >= 15 is 0 Å². The summed E-state index contributed by atoms with van der Waals surface area (Å²) >= 11 is 0. The maximum atomic E-state index is 12.5. The summed E-state index contributed by atoms with van der Waals surface area (Å²) < 4.78 is 28.8. The van der Waals surface area contributed by atoms with E-state index in [-0.39, 0.29) is 12.1 Å². The average Bonchev–Trinajstić information content (AvgIpc) is 3.53. The van der Waals surface area contributed by atoms with Crippen LogP contribution in [-0.2, 0) is 16.6 Å². The van der Waals surface area contributed by atoms with Crippen LogP contribution in [0, 0.1) is 0 Å². The molecule has 3 aromatic heterocycles. The van der Waals surface area contributed by atoms with Crippen LogP contribution in [-0.4, -0.2) is 62.3 Å². The topological polar surface area (TPSA) is 110 Å². The highest BCUT2D eigenvalue weighted by molar-refractivity contribution is 7.92. The number of likely N-dealkylation sites (tertiary alicyclic amines) is 1. The maximum Gasteiger partial charge on any atom is 0.236 e. The van der Waals surface area contributed by atoms with E-state index in [1.807, 2.05) is 59.2 Å². The number of hydrogen-bond donors (Lipinski definition) is 1. The Morgan fingerprint density at radius 2 is 1.64 bits per heavy atom. The maximum absolute atomic E-state index is 12.5. The molecular weight excluding hydrogens is 546 g/mol. The first-order chi connectivity index (χ1) is 20.4. The molecule has 5 aromatic rings. The van der Waals surface area contributed by atoms with Gasteiger partial charge in [-0.1, -0.05) is 49.0 Å². The number of nitrogens with two attached hydrogens (primary N) is 1. The number of nitrogens with zero attached hydrogens (tertiary/aromatic N) is 6. The van der Waals surface area contributed by atoms with Crippen molar-refractivity contribution in [1.29, 1.82) is 0 Å². The number of rotatable bonds is 7. The molecule has 2 fully saturated rings. The molecule has 10 heteroatoms. The van der Waals surface area contributed by atoms with E-state index in [9.17, 15) is 8.42 Å². The monoisotopic (exact) mass is 577 g/mol. The summed E-state index contributed by atoms with van der Waals surface area (Å²) in [6.45, 7) is 5.71. The Morgan fingerprint density at radius 1 is 0.905 bits per heavy atom. The minimum Gasteiger partial charge on any atom is -0.383 e. The summed E-state index contributed by atoms with van der Waals surface area (Å²) in [5.74, 6) is 1.08. The molecule has 2 bridgehead atoms. The van der Waals surface area contributed by atoms with Gasteiger partial charge in [0.1, 0.15) is 11.3 Å². The van der Waals surface area contributed by atoms with Crippen molar-refractivity contribution in [2.45, 2.75) is 31.5 Å². The molecule has 2 aliphatic rings. The summed E-state index contributed by atoms with van der Waals surface area (Å²) in [5.41, 5.74) is 12.5. The molecule has 212 valence electrons. The van der Waals surface area contributed by atoms with Crippen LogP contribution in [0.5, 0.6) is 0 Å². The summed E-state index contributed by atoms with van der Waals surface area (Å²) in [4.78, 5) is 16.6. The van der Waals surface area contributed by atoms with Crippen LogP contribution in [0.1, 0.15) is 18.4 Å². The molecule has 7 rings (SSSR count). The minimum absolute atomic E-state index is 0.000666. The van der Waals surface area contributed by atoms with Gasteiger partial charge in [0.05, 0.1) is 11.3 Å². The molecule has 0 amide bonds. The number of pyridine rings is 2. The average molecular weight is 578 g/mol. The van der Waals surface area contributed by atoms with Gasteiger partial charge in [0, 0.05) is 54.6 Å². The van der Waals surface area contributed by atoms with Crippen LogP contribution in [0.2, 0.25) is 0 Å². The number of anilines is 1. The van der Waals surface area contributed by atoms with Crippen LogP contribution in [0.4, 0.5) is 5.82 Å². The van der Waals surface area contributed by atoms with Gasteiger partial charge >= 0.3 is 0 Å². The van der Waals surface area contributed by atoms with Crippen molar-refractivity contribution in [2.24, 2.45) is 0 Å². The van der Waals surface area contributed by atoms with Crippen molar-refractivity contribution in [3.05, 3.63) is 103 Å². The Morgan fingerprint density at radius 3 is 2.33 bits per heavy atom. The number of aromatic nitrogens is 4. The number of fused-ring (bicyclic) bond motifs is 3. The number of benzene rings is 2. The van der Waals surface area contributed by atoms with E-state index in [4.69, 9.17) is 15.7 Å². The quantitative estimate of drug-likeness (QED) is 0.294. The van der Waals surface area contributed by atoms with Gasteiger partial charge in [-0.15, -0.1) is 0 Å². The van der Waals surface area contributed by atoms with E-state index in [0.29, 0.717) is 24.7 Å². The smallest absolute Gasteiger partial charge is 0.236 e. The highest BCUT2D eigenvalue weighted by atomic mass is 32.2. The number of nitrogen functional groups attached to an aromatic ring is 1. The van der Waals surface area contributed by atoms with Crippen LogP contribution < -0.4 is 5.73 Å². The lowest BCUT2D eigenvalue weighted by Crippen LogP contribution is -2.54. The van der Waals surface area contributed by atoms with Crippen molar-refractivity contribution >= 4 is 27.0 Å². The van der Waals surface area contributed by atoms with Gasteiger partial charge in [0.15, 0.2) is 11.5 Å². The predicted molar refractivity (Wildman–Crippen MR) is 165 cm³/mol. The lowest BCUT2D eigenvalue weighted by molar-refractivity contribution is 0.124. The Labute approximate surface area is 245 Å². The van der Waals surface area contributed by atoms with Gasteiger partial charge in [0.2, 0.25) is 10.0 Å². The van der Waals surface area contributed by atoms with E-state index in [1.165, 1.54) is 0 Å². The van der Waals surface area contributed by atoms with E-state index < -0.39 is 10.0 Å². The zero-order chi connectivity index (χ0) is 28.8. The van der Waals surface area contributed by atoms with Gasteiger partial charge in [-0.25, -0.2) is 23.4 Å². The first kappa shape index (κ1) is 26.5. The summed E-state index contributed by atoms with van der Waals surface area (Å²) in [5, 5.41) is 1.08. The number of hydrogen-bond acceptors (Lipinski definition) is 7. The van der Waals surface area contributed by atoms with Crippen molar-refractivity contribution < 1.29 is 8.42 Å². The molecule has 0 saturated carbocycles. The van der Waals surface area contributed by atoms with Crippen molar-refractivity contribution in [3.63, 3.8) is 0 Å². The Kier molecular flexibility index (Phi) is 6.61. The fourth-order valence-electron chi connectivity index (χ4n) is 6.35. The zero-order valence-electron chi connectivity index (χ0n) is 23.0. The zero-order valence-corrected chi connectivity index (χ0v) is 23.9. The van der Waals surface area contributed by atoms with Crippen LogP contribution >= 0.6 is 0 Å². The summed E-state index contributed by atoms with van der Waals surface area (Å²) in [6.07, 6.45) is 3.45. The predicted octanol–water partition coefficient (Wildman–Crippen LogP) is 4.85. The van der Waals surface area contributed by atoms with E-state index in [1.54, 1.807) is 10.5 Å². The molecule has 2 saturated heterocycles. The fourth-order valence-corrected chi connectivity index (χ4v) is 7.70. The minimum atomic E-state index is -3.41. The lowest BCUT2D eigenvalue weighted by Gasteiger charge is -2.39. The van der Waals surface area contributed by atoms with Gasteiger partial charge < -0.3 is 5.73 Å². The molecule has 9 nitrogen and oxygen atoms in total. The van der Waals surface area contributed by atoms with Crippen molar-refractivity contribution in [1.82, 2.24) is 28.7 Å². The van der Waals surface area contributed by atoms with Gasteiger partial charge in [-0.05, 0) is 54.8 Å². The largest absolute Gasteiger partial charge is 0.383 e. The molecule has 0 aliphatic carbocycles. The van der Waals surface area contributed by atoms with Gasteiger partial charge in [-0.2, -0.15) is 4.31 Å². The highest BCUT2D eigenvalue weighted by Crippen LogP contribution is 2.35. The van der Waals surface area contributed by atoms with Crippen molar-refractivity contribution in [2.75, 3.05) is 18.8 Å². The Balaban J connectivity index is 1.23. The number of piperazine rings is 1. The van der Waals surface area contributed by atoms with Gasteiger partial charge in [0.25, 0.3) is 0 Å². The van der Waals surface area contributed by atoms with Crippen molar-refractivity contribution in [3.8, 4) is 28.3 Å². The molecule has 2 atom stereocenters. The third-order valence-electron chi connectivity index (χ3n) is 8.25. The van der Waals surface area contributed by atoms with Gasteiger partial charge in [-0.3, -0.25) is 9.47 Å². The molecule has 42 heavy (non-hydrogen) atoms. The van der Waals surface area contributed by atoms with E-state index in [2.05, 4.69) is 40.7 Å². The standard InChI is InChI=1S/C32H31N7O2S/c1-2-42(40,41)39-25-14-15-26(39)21-37(20-25)19-22-10-12-24(13-11-22)38-31(27-9-6-18-34-30(27)33)36-29-17-16-28(35-32(29)38)23-7-4-3-5-8-23/h2-13,16-18,25-26H,1,14-15,19-21H2,(H2,33,34). The Hall–Kier alpha value is -4.38. The third kappa shape index (κ3) is 4.67. The molecule has 5 heterocycles. The molecule has 2 N–H and O–H groups in total. The SMILES string of the molecule is C=CS(=O)(=O)N1C2CCC1CN(Cc1ccc(-n3c(-c4cccnc4N)nc4ccc(-c5ccccc5)nc43)cc1)C2. The molecule has 0 radical (unpaired) electrons. The molecular formula is C32H31N7O2S. The Bertz CT molecular complexity index is 1870. The molecule has 0 spiro atoms. The second-order valence-corrected chi connectivity index (χ2v) is 12.7. The third-order valence-corrected chi connectivity index (χ3v) is 9.85. The number of sulfonamides is 1. The van der Waals surface area contributed by atoms with E-state index in [0.717, 1.165) is 64.0 Å². The molecule has 2 aliphatic heterocycles. The second-order valence-electron chi connectivity index (χ2n) is 10.9. The number of imidazole rings is 1. The summed E-state index contributed by atoms with van der Waals surface area (Å²) in [6, 6.07) is 26.2. The first-order valence-electron chi connectivity index (χ1n) is 14.0. The molecule has 2 aromatic carbocycles. The van der Waals surface area contributed by atoms with Crippen LogP contribution in [0.3, 0.4) is 0 Å². The summed E-state index contributed by atoms with van der Waals surface area (Å²) in [7, 11) is -3.41. The molecule has 2 unspecified atom stereocenters. The lowest BCUT2D eigenvalue weighted by atomic mass is 10.1. The van der Waals surface area contributed by atoms with Crippen LogP contribution in [0.15, 0.2) is 97.0 Å².